The molecule has 1 saturated heterocycles. The van der Waals surface area contributed by atoms with Crippen LogP contribution in [-0.4, -0.2) is 65.4 Å². The molecular formula is C18H21N3O3. The Morgan fingerprint density at radius 3 is 2.58 bits per heavy atom. The van der Waals surface area contributed by atoms with Crippen molar-refractivity contribution < 1.29 is 15.0 Å². The highest BCUT2D eigenvalue weighted by molar-refractivity contribution is 5.94. The van der Waals surface area contributed by atoms with Crippen molar-refractivity contribution in [2.24, 2.45) is 0 Å². The number of hydrogen-bond acceptors (Lipinski definition) is 5. The monoisotopic (exact) mass is 327 g/mol. The molecule has 0 unspecified atom stereocenters. The number of aliphatic hydroxyl groups is 1. The molecule has 1 fully saturated rings. The van der Waals surface area contributed by atoms with Gasteiger partial charge < -0.3 is 20.0 Å². The topological polar surface area (TPSA) is 76.9 Å². The Labute approximate surface area is 141 Å². The van der Waals surface area contributed by atoms with Crippen molar-refractivity contribution >= 4 is 11.8 Å². The van der Waals surface area contributed by atoms with Crippen LogP contribution < -0.4 is 4.90 Å². The number of anilines is 1. The van der Waals surface area contributed by atoms with Gasteiger partial charge in [-0.15, -0.1) is 0 Å². The van der Waals surface area contributed by atoms with E-state index in [1.807, 2.05) is 47.2 Å². The maximum absolute atomic E-state index is 11.6. The zero-order valence-corrected chi connectivity index (χ0v) is 13.6. The smallest absolute Gasteiger partial charge is 0.339 e. The van der Waals surface area contributed by atoms with Crippen LogP contribution in [0.2, 0.25) is 0 Å². The van der Waals surface area contributed by atoms with Crippen LogP contribution in [0.3, 0.4) is 0 Å². The summed E-state index contributed by atoms with van der Waals surface area (Å²) in [6.45, 7) is 2.31. The first-order valence-corrected chi connectivity index (χ1v) is 7.96. The van der Waals surface area contributed by atoms with E-state index in [1.165, 1.54) is 0 Å². The quantitative estimate of drug-likeness (QED) is 0.891. The molecule has 1 aromatic carbocycles. The lowest BCUT2D eigenvalue weighted by Gasteiger charge is -2.25. The molecule has 0 bridgehead atoms. The molecule has 0 aliphatic carbocycles. The number of benzene rings is 1. The van der Waals surface area contributed by atoms with Crippen LogP contribution in [-0.2, 0) is 0 Å². The standard InChI is InChI=1S/C18H21N3O3/c1-20-9-10-21(12-14(22)11-20)17-15(18(23)24)7-8-16(19-17)13-5-3-2-4-6-13/h2-8,14,22H,9-12H2,1H3,(H,23,24)/t14-/m1/s1. The molecule has 6 heteroatoms. The summed E-state index contributed by atoms with van der Waals surface area (Å²) in [6, 6.07) is 13.0. The number of β-amino-alcohol motifs (C(OH)–C–C–N with tert-alkyl or cyclic N) is 1. The average molecular weight is 327 g/mol. The largest absolute Gasteiger partial charge is 0.478 e. The van der Waals surface area contributed by atoms with Gasteiger partial charge in [0.1, 0.15) is 11.4 Å². The van der Waals surface area contributed by atoms with E-state index in [9.17, 15) is 15.0 Å². The van der Waals surface area contributed by atoms with E-state index in [4.69, 9.17) is 0 Å². The number of aromatic nitrogens is 1. The summed E-state index contributed by atoms with van der Waals surface area (Å²) < 4.78 is 0. The van der Waals surface area contributed by atoms with E-state index in [-0.39, 0.29) is 5.56 Å². The molecule has 0 saturated carbocycles. The van der Waals surface area contributed by atoms with Gasteiger partial charge in [-0.05, 0) is 19.2 Å². The fourth-order valence-corrected chi connectivity index (χ4v) is 2.96. The molecule has 1 aliphatic heterocycles. The van der Waals surface area contributed by atoms with E-state index >= 15 is 0 Å². The highest BCUT2D eigenvalue weighted by Gasteiger charge is 2.24. The fraction of sp³-hybridized carbons (Fsp3) is 0.333. The van der Waals surface area contributed by atoms with Gasteiger partial charge in [-0.25, -0.2) is 9.78 Å². The van der Waals surface area contributed by atoms with Crippen LogP contribution in [0.4, 0.5) is 5.82 Å². The second kappa shape index (κ2) is 6.98. The molecule has 0 amide bonds. The molecule has 0 radical (unpaired) electrons. The van der Waals surface area contributed by atoms with Gasteiger partial charge in [0, 0.05) is 31.7 Å². The van der Waals surface area contributed by atoms with Gasteiger partial charge in [-0.2, -0.15) is 0 Å². The Morgan fingerprint density at radius 1 is 1.12 bits per heavy atom. The maximum Gasteiger partial charge on any atom is 0.339 e. The van der Waals surface area contributed by atoms with Crippen LogP contribution in [0.1, 0.15) is 10.4 Å². The first-order valence-electron chi connectivity index (χ1n) is 7.96. The number of rotatable bonds is 3. The van der Waals surface area contributed by atoms with E-state index in [0.29, 0.717) is 25.5 Å². The summed E-state index contributed by atoms with van der Waals surface area (Å²) in [5.74, 6) is -0.595. The molecule has 24 heavy (non-hydrogen) atoms. The number of aromatic carboxylic acids is 1. The Bertz CT molecular complexity index is 721. The number of carbonyl (C=O) groups is 1. The molecule has 1 atom stereocenters. The highest BCUT2D eigenvalue weighted by Crippen LogP contribution is 2.25. The van der Waals surface area contributed by atoms with E-state index in [2.05, 4.69) is 4.98 Å². The second-order valence-electron chi connectivity index (χ2n) is 6.10. The Balaban J connectivity index is 2.02. The fourth-order valence-electron chi connectivity index (χ4n) is 2.96. The number of likely N-dealkylation sites (N-methyl/N-ethyl adjacent to an activating group) is 1. The number of carboxylic acids is 1. The molecule has 1 aliphatic rings. The normalized spacial score (nSPS) is 19.1. The second-order valence-corrected chi connectivity index (χ2v) is 6.10. The highest BCUT2D eigenvalue weighted by atomic mass is 16.4. The minimum absolute atomic E-state index is 0.159. The van der Waals surface area contributed by atoms with Crippen LogP contribution in [0, 0.1) is 0 Å². The third kappa shape index (κ3) is 3.55. The summed E-state index contributed by atoms with van der Waals surface area (Å²) in [7, 11) is 1.94. The first kappa shape index (κ1) is 16.4. The van der Waals surface area contributed by atoms with Crippen molar-refractivity contribution in [3.63, 3.8) is 0 Å². The van der Waals surface area contributed by atoms with E-state index in [0.717, 1.165) is 17.8 Å². The van der Waals surface area contributed by atoms with Crippen LogP contribution in [0.25, 0.3) is 11.3 Å². The number of nitrogens with zero attached hydrogens (tertiary/aromatic N) is 3. The summed E-state index contributed by atoms with van der Waals surface area (Å²) in [6.07, 6.45) is -0.540. The lowest BCUT2D eigenvalue weighted by atomic mass is 10.1. The Hall–Kier alpha value is -2.44. The first-order chi connectivity index (χ1) is 11.5. The molecule has 2 aromatic rings. The lowest BCUT2D eigenvalue weighted by Crippen LogP contribution is -2.34. The minimum atomic E-state index is -1.01. The van der Waals surface area contributed by atoms with Crippen LogP contribution >= 0.6 is 0 Å². The van der Waals surface area contributed by atoms with Crippen molar-refractivity contribution in [3.05, 3.63) is 48.0 Å². The number of carboxylic acid groups (broad SMARTS) is 1. The summed E-state index contributed by atoms with van der Waals surface area (Å²) in [4.78, 5) is 20.1. The molecular weight excluding hydrogens is 306 g/mol. The molecule has 6 nitrogen and oxygen atoms in total. The molecule has 2 N–H and O–H groups in total. The van der Waals surface area contributed by atoms with Crippen LogP contribution in [0.5, 0.6) is 0 Å². The Kier molecular flexibility index (Phi) is 4.78. The molecule has 3 rings (SSSR count). The third-order valence-electron chi connectivity index (χ3n) is 4.18. The van der Waals surface area contributed by atoms with Crippen molar-refractivity contribution in [2.45, 2.75) is 6.10 Å². The number of hydrogen-bond donors (Lipinski definition) is 2. The molecule has 2 heterocycles. The van der Waals surface area contributed by atoms with Crippen LogP contribution in [0.15, 0.2) is 42.5 Å². The van der Waals surface area contributed by atoms with E-state index < -0.39 is 12.1 Å². The van der Waals surface area contributed by atoms with Gasteiger partial charge >= 0.3 is 5.97 Å². The van der Waals surface area contributed by atoms with Gasteiger partial charge in [0.15, 0.2) is 0 Å². The third-order valence-corrected chi connectivity index (χ3v) is 4.18. The lowest BCUT2D eigenvalue weighted by molar-refractivity contribution is 0.0697. The summed E-state index contributed by atoms with van der Waals surface area (Å²) in [5.41, 5.74) is 1.82. The minimum Gasteiger partial charge on any atom is -0.478 e. The molecule has 1 aromatic heterocycles. The summed E-state index contributed by atoms with van der Waals surface area (Å²) >= 11 is 0. The number of pyridine rings is 1. The van der Waals surface area contributed by atoms with Gasteiger partial charge in [-0.1, -0.05) is 30.3 Å². The van der Waals surface area contributed by atoms with Gasteiger partial charge in [0.2, 0.25) is 0 Å². The van der Waals surface area contributed by atoms with Gasteiger partial charge in [0.05, 0.1) is 11.8 Å². The average Bonchev–Trinajstić information content (AvgIpc) is 2.75. The predicted octanol–water partition coefficient (Wildman–Crippen LogP) is 1.56. The SMILES string of the molecule is CN1CCN(c2nc(-c3ccccc3)ccc2C(=O)O)C[C@H](O)C1. The van der Waals surface area contributed by atoms with Gasteiger partial charge in [0.25, 0.3) is 0 Å². The Morgan fingerprint density at radius 2 is 1.88 bits per heavy atom. The number of aliphatic hydroxyl groups excluding tert-OH is 1. The zero-order valence-electron chi connectivity index (χ0n) is 13.6. The van der Waals surface area contributed by atoms with Crippen molar-refractivity contribution in [1.82, 2.24) is 9.88 Å². The summed E-state index contributed by atoms with van der Waals surface area (Å²) in [5, 5.41) is 19.7. The van der Waals surface area contributed by atoms with Crippen molar-refractivity contribution in [2.75, 3.05) is 38.1 Å². The van der Waals surface area contributed by atoms with Crippen molar-refractivity contribution in [1.29, 1.82) is 0 Å². The van der Waals surface area contributed by atoms with Gasteiger partial charge in [-0.3, -0.25) is 0 Å². The van der Waals surface area contributed by atoms with E-state index in [1.54, 1.807) is 12.1 Å². The molecule has 0 spiro atoms. The zero-order chi connectivity index (χ0) is 17.1. The van der Waals surface area contributed by atoms with Crippen molar-refractivity contribution in [3.8, 4) is 11.3 Å². The maximum atomic E-state index is 11.6. The molecule has 126 valence electrons. The predicted molar refractivity (Wildman–Crippen MR) is 92.3 cm³/mol.